The number of nitrogens with zero attached hydrogens (tertiary/aromatic N) is 3. The highest BCUT2D eigenvalue weighted by Crippen LogP contribution is 2.22. The molecule has 0 unspecified atom stereocenters. The van der Waals surface area contributed by atoms with Crippen molar-refractivity contribution in [2.45, 2.75) is 13.3 Å². The summed E-state index contributed by atoms with van der Waals surface area (Å²) in [6, 6.07) is 13.2. The second-order valence-electron chi connectivity index (χ2n) is 6.20. The molecule has 2 aromatic heterocycles. The van der Waals surface area contributed by atoms with Crippen LogP contribution in [0.25, 0.3) is 11.1 Å². The number of hydrogen-bond acceptors (Lipinski definition) is 6. The van der Waals surface area contributed by atoms with Crippen LogP contribution in [0, 0.1) is 6.92 Å². The maximum atomic E-state index is 12.6. The number of aryl methyl sites for hydroxylation is 2. The smallest absolute Gasteiger partial charge is 0.407 e. The van der Waals surface area contributed by atoms with Crippen LogP contribution in [0.15, 0.2) is 51.7 Å². The summed E-state index contributed by atoms with van der Waals surface area (Å²) in [6.45, 7) is 2.04. The van der Waals surface area contributed by atoms with Gasteiger partial charge in [-0.2, -0.15) is 0 Å². The molecular weight excluding hydrogens is 364 g/mol. The Morgan fingerprint density at radius 2 is 1.96 bits per heavy atom. The van der Waals surface area contributed by atoms with Gasteiger partial charge < -0.3 is 4.42 Å². The Kier molecular flexibility index (Phi) is 4.33. The first-order valence-electron chi connectivity index (χ1n) is 8.29. The van der Waals surface area contributed by atoms with E-state index in [4.69, 9.17) is 4.42 Å². The molecule has 4 rings (SSSR count). The number of benzene rings is 2. The molecule has 0 aliphatic rings. The first kappa shape index (κ1) is 17.2. The maximum absolute atomic E-state index is 12.6. The number of fused-ring (bicyclic) bond motifs is 1. The molecule has 0 fully saturated rings. The van der Waals surface area contributed by atoms with Gasteiger partial charge in [-0.3, -0.25) is 14.7 Å². The fraction of sp³-hybridized carbons (Fsp3) is 0.158. The van der Waals surface area contributed by atoms with Gasteiger partial charge in [-0.15, -0.1) is 10.2 Å². The normalized spacial score (nSPS) is 11.0. The summed E-state index contributed by atoms with van der Waals surface area (Å²) in [7, 11) is 1.60. The van der Waals surface area contributed by atoms with Crippen molar-refractivity contribution in [3.63, 3.8) is 0 Å². The minimum absolute atomic E-state index is 0.256. The number of aromatic nitrogens is 3. The fourth-order valence-corrected chi connectivity index (χ4v) is 3.52. The highest BCUT2D eigenvalue weighted by Gasteiger charge is 2.17. The van der Waals surface area contributed by atoms with Crippen LogP contribution in [0.5, 0.6) is 0 Å². The summed E-state index contributed by atoms with van der Waals surface area (Å²) in [5.41, 5.74) is 3.42. The lowest BCUT2D eigenvalue weighted by Gasteiger charge is -2.01. The highest BCUT2D eigenvalue weighted by atomic mass is 32.1. The first-order chi connectivity index (χ1) is 13.0. The summed E-state index contributed by atoms with van der Waals surface area (Å²) < 4.78 is 6.55. The molecule has 0 atom stereocenters. The van der Waals surface area contributed by atoms with Crippen LogP contribution >= 0.6 is 11.3 Å². The molecule has 136 valence electrons. The van der Waals surface area contributed by atoms with Gasteiger partial charge in [-0.25, -0.2) is 4.79 Å². The maximum Gasteiger partial charge on any atom is 0.419 e. The topological polar surface area (TPSA) is 90.0 Å². The first-order valence-corrected chi connectivity index (χ1v) is 9.11. The summed E-state index contributed by atoms with van der Waals surface area (Å²) >= 11 is 1.32. The van der Waals surface area contributed by atoms with Crippen molar-refractivity contribution in [3.8, 4) is 0 Å². The van der Waals surface area contributed by atoms with E-state index in [1.165, 1.54) is 21.5 Å². The zero-order valence-corrected chi connectivity index (χ0v) is 15.5. The minimum atomic E-state index is -0.512. The van der Waals surface area contributed by atoms with Crippen LogP contribution < -0.4 is 11.1 Å². The van der Waals surface area contributed by atoms with E-state index in [9.17, 15) is 9.59 Å². The Morgan fingerprint density at radius 1 is 1.19 bits per heavy atom. The van der Waals surface area contributed by atoms with Gasteiger partial charge in [0.1, 0.15) is 5.01 Å². The summed E-state index contributed by atoms with van der Waals surface area (Å²) in [5.74, 6) is -0.908. The molecule has 0 aliphatic heterocycles. The van der Waals surface area contributed by atoms with Gasteiger partial charge in [0.2, 0.25) is 5.13 Å². The number of carbonyl (C=O) groups excluding carboxylic acids is 1. The number of oxazole rings is 1. The molecule has 0 saturated heterocycles. The molecule has 2 heterocycles. The van der Waals surface area contributed by atoms with E-state index in [0.717, 1.165) is 10.6 Å². The number of hydrogen-bond donors (Lipinski definition) is 1. The van der Waals surface area contributed by atoms with Crippen LogP contribution in [0.1, 0.15) is 26.5 Å². The number of carbonyl (C=O) groups is 1. The molecule has 0 spiro atoms. The Hall–Kier alpha value is -3.26. The van der Waals surface area contributed by atoms with Gasteiger partial charge in [0, 0.05) is 13.5 Å². The lowest BCUT2D eigenvalue weighted by molar-refractivity contribution is 0.102. The third-order valence-corrected chi connectivity index (χ3v) is 5.07. The molecule has 0 bridgehead atoms. The molecule has 27 heavy (non-hydrogen) atoms. The molecule has 7 nitrogen and oxygen atoms in total. The Labute approximate surface area is 158 Å². The molecule has 8 heteroatoms. The van der Waals surface area contributed by atoms with Crippen LogP contribution in [0.2, 0.25) is 0 Å². The quantitative estimate of drug-likeness (QED) is 0.587. The van der Waals surface area contributed by atoms with Gasteiger partial charge in [-0.05, 0) is 24.6 Å². The van der Waals surface area contributed by atoms with E-state index in [-0.39, 0.29) is 11.1 Å². The van der Waals surface area contributed by atoms with Gasteiger partial charge in [-0.1, -0.05) is 47.2 Å². The van der Waals surface area contributed by atoms with Crippen LogP contribution in [0.3, 0.4) is 0 Å². The molecule has 0 saturated carbocycles. The SMILES string of the molecule is Cc1ccc(Cc2nnc(NC(=O)c3cccc4c3oc(=O)n4C)s2)cc1. The second-order valence-corrected chi connectivity index (χ2v) is 7.26. The average molecular weight is 380 g/mol. The van der Waals surface area contributed by atoms with Gasteiger partial charge >= 0.3 is 5.76 Å². The summed E-state index contributed by atoms with van der Waals surface area (Å²) in [4.78, 5) is 24.3. The Balaban J connectivity index is 1.54. The molecule has 1 N–H and O–H groups in total. The van der Waals surface area contributed by atoms with E-state index < -0.39 is 11.7 Å². The number of anilines is 1. The number of para-hydroxylation sites is 1. The van der Waals surface area contributed by atoms with E-state index in [1.807, 2.05) is 31.2 Å². The predicted molar refractivity (Wildman–Crippen MR) is 103 cm³/mol. The van der Waals surface area contributed by atoms with Crippen LogP contribution in [0.4, 0.5) is 5.13 Å². The molecule has 2 aromatic carbocycles. The van der Waals surface area contributed by atoms with Crippen molar-refractivity contribution >= 4 is 33.5 Å². The summed E-state index contributed by atoms with van der Waals surface area (Å²) in [6.07, 6.45) is 0.650. The molecule has 4 aromatic rings. The summed E-state index contributed by atoms with van der Waals surface area (Å²) in [5, 5.41) is 12.1. The standard InChI is InChI=1S/C19H16N4O3S/c1-11-6-8-12(9-7-11)10-15-21-22-18(27-15)20-17(24)13-4-3-5-14-16(13)26-19(25)23(14)2/h3-9H,10H2,1-2H3,(H,20,22,24). The van der Waals surface area contributed by atoms with Crippen LogP contribution in [-0.2, 0) is 13.5 Å². The third kappa shape index (κ3) is 3.39. The van der Waals surface area contributed by atoms with Crippen molar-refractivity contribution in [2.75, 3.05) is 5.32 Å². The van der Waals surface area contributed by atoms with Gasteiger partial charge in [0.15, 0.2) is 5.58 Å². The Morgan fingerprint density at radius 3 is 2.74 bits per heavy atom. The molecule has 0 aliphatic carbocycles. The lowest BCUT2D eigenvalue weighted by atomic mass is 10.1. The Bertz CT molecular complexity index is 1190. The fourth-order valence-electron chi connectivity index (χ4n) is 2.75. The number of rotatable bonds is 4. The highest BCUT2D eigenvalue weighted by molar-refractivity contribution is 7.15. The monoisotopic (exact) mass is 380 g/mol. The van der Waals surface area contributed by atoms with Crippen molar-refractivity contribution < 1.29 is 9.21 Å². The molecule has 1 amide bonds. The second kappa shape index (κ2) is 6.81. The van der Waals surface area contributed by atoms with E-state index in [1.54, 1.807) is 25.2 Å². The van der Waals surface area contributed by atoms with E-state index in [0.29, 0.717) is 17.1 Å². The van der Waals surface area contributed by atoms with Gasteiger partial charge in [0.25, 0.3) is 5.91 Å². The number of nitrogens with one attached hydrogen (secondary N) is 1. The van der Waals surface area contributed by atoms with Crippen molar-refractivity contribution in [1.29, 1.82) is 0 Å². The number of amides is 1. The largest absolute Gasteiger partial charge is 0.419 e. The minimum Gasteiger partial charge on any atom is -0.407 e. The van der Waals surface area contributed by atoms with Gasteiger partial charge in [0.05, 0.1) is 11.1 Å². The lowest BCUT2D eigenvalue weighted by Crippen LogP contribution is -2.12. The molecule has 0 radical (unpaired) electrons. The van der Waals surface area contributed by atoms with Crippen molar-refractivity contribution in [2.24, 2.45) is 7.05 Å². The predicted octanol–water partition coefficient (Wildman–Crippen LogP) is 3.13. The average Bonchev–Trinajstić information content (AvgIpc) is 3.21. The van der Waals surface area contributed by atoms with E-state index >= 15 is 0 Å². The zero-order chi connectivity index (χ0) is 19.0. The third-order valence-electron chi connectivity index (χ3n) is 4.23. The van der Waals surface area contributed by atoms with E-state index in [2.05, 4.69) is 15.5 Å². The van der Waals surface area contributed by atoms with Crippen molar-refractivity contribution in [3.05, 3.63) is 74.7 Å². The van der Waals surface area contributed by atoms with Crippen LogP contribution in [-0.4, -0.2) is 20.7 Å². The molecular formula is C19H16N4O3S. The van der Waals surface area contributed by atoms with Crippen molar-refractivity contribution in [1.82, 2.24) is 14.8 Å². The zero-order valence-electron chi connectivity index (χ0n) is 14.7.